The normalized spacial score (nSPS) is 16.0. The van der Waals surface area contributed by atoms with Crippen LogP contribution < -0.4 is 5.56 Å². The summed E-state index contributed by atoms with van der Waals surface area (Å²) >= 11 is 0. The minimum absolute atomic E-state index is 0.0549. The van der Waals surface area contributed by atoms with Gasteiger partial charge in [-0.1, -0.05) is 0 Å². The number of aromatic nitrogens is 3. The molecule has 0 spiro atoms. The molecule has 1 fully saturated rings. The molecule has 1 aromatic carbocycles. The molecule has 1 aliphatic heterocycles. The van der Waals surface area contributed by atoms with Gasteiger partial charge in [0, 0.05) is 37.2 Å². The maximum Gasteiger partial charge on any atom is 0.410 e. The number of carbonyl (C=O) groups is 1. The van der Waals surface area contributed by atoms with Gasteiger partial charge in [-0.25, -0.2) is 18.1 Å². The summed E-state index contributed by atoms with van der Waals surface area (Å²) in [5.74, 6) is -1.56. The van der Waals surface area contributed by atoms with Crippen LogP contribution in [0, 0.1) is 11.6 Å². The van der Waals surface area contributed by atoms with Crippen LogP contribution in [0.2, 0.25) is 0 Å². The monoisotopic (exact) mass is 404 g/mol. The van der Waals surface area contributed by atoms with Crippen LogP contribution in [0.25, 0.3) is 16.6 Å². The van der Waals surface area contributed by atoms with E-state index in [1.807, 2.05) is 20.8 Å². The third kappa shape index (κ3) is 3.68. The van der Waals surface area contributed by atoms with Crippen LogP contribution in [-0.2, 0) is 4.74 Å². The number of carbonyl (C=O) groups excluding carboxylic acids is 1. The third-order valence-corrected chi connectivity index (χ3v) is 5.02. The van der Waals surface area contributed by atoms with Gasteiger partial charge in [0.05, 0.1) is 11.1 Å². The maximum absolute atomic E-state index is 14.3. The van der Waals surface area contributed by atoms with Gasteiger partial charge in [0.2, 0.25) is 0 Å². The molecule has 1 N–H and O–H groups in total. The fourth-order valence-corrected chi connectivity index (χ4v) is 3.76. The van der Waals surface area contributed by atoms with Gasteiger partial charge in [0.15, 0.2) is 0 Å². The predicted octanol–water partition coefficient (Wildman–Crippen LogP) is 3.57. The third-order valence-electron chi connectivity index (χ3n) is 5.02. The molecular formula is C20H22F2N4O3. The molecule has 0 radical (unpaired) electrons. The molecule has 7 nitrogen and oxygen atoms in total. The minimum atomic E-state index is -0.775. The maximum atomic E-state index is 14.3. The van der Waals surface area contributed by atoms with Crippen molar-refractivity contribution in [1.29, 1.82) is 0 Å². The zero-order chi connectivity index (χ0) is 20.9. The largest absolute Gasteiger partial charge is 0.444 e. The van der Waals surface area contributed by atoms with Crippen molar-refractivity contribution in [2.45, 2.75) is 45.1 Å². The van der Waals surface area contributed by atoms with Crippen LogP contribution in [0.15, 0.2) is 23.0 Å². The van der Waals surface area contributed by atoms with Crippen molar-refractivity contribution in [3.8, 4) is 0 Å². The van der Waals surface area contributed by atoms with Gasteiger partial charge in [0.1, 0.15) is 28.4 Å². The van der Waals surface area contributed by atoms with Crippen molar-refractivity contribution in [3.63, 3.8) is 0 Å². The first-order chi connectivity index (χ1) is 13.6. The van der Waals surface area contributed by atoms with Crippen LogP contribution in [0.1, 0.15) is 45.2 Å². The molecule has 29 heavy (non-hydrogen) atoms. The highest BCUT2D eigenvalue weighted by Gasteiger charge is 2.29. The van der Waals surface area contributed by atoms with E-state index in [-0.39, 0.29) is 34.1 Å². The summed E-state index contributed by atoms with van der Waals surface area (Å²) in [5.41, 5.74) is 0.00369. The van der Waals surface area contributed by atoms with Crippen LogP contribution in [0.3, 0.4) is 0 Å². The van der Waals surface area contributed by atoms with Crippen LogP contribution >= 0.6 is 0 Å². The second-order valence-electron chi connectivity index (χ2n) is 8.34. The van der Waals surface area contributed by atoms with E-state index in [0.717, 1.165) is 12.1 Å². The highest BCUT2D eigenvalue weighted by Crippen LogP contribution is 2.30. The molecule has 1 aliphatic rings. The van der Waals surface area contributed by atoms with Crippen LogP contribution in [0.5, 0.6) is 0 Å². The van der Waals surface area contributed by atoms with Crippen molar-refractivity contribution in [2.24, 2.45) is 0 Å². The predicted molar refractivity (Wildman–Crippen MR) is 103 cm³/mol. The smallest absolute Gasteiger partial charge is 0.410 e. The second kappa shape index (κ2) is 6.82. The molecular weight excluding hydrogens is 382 g/mol. The number of H-pyrrole nitrogens is 1. The molecule has 2 aromatic heterocycles. The molecule has 0 saturated carbocycles. The number of benzene rings is 1. The summed E-state index contributed by atoms with van der Waals surface area (Å²) in [4.78, 5) is 28.7. The minimum Gasteiger partial charge on any atom is -0.444 e. The number of nitrogens with zero attached hydrogens (tertiary/aromatic N) is 3. The molecule has 1 amide bonds. The van der Waals surface area contributed by atoms with E-state index in [1.165, 1.54) is 10.6 Å². The Kier molecular flexibility index (Phi) is 4.55. The Morgan fingerprint density at radius 1 is 1.21 bits per heavy atom. The molecule has 154 valence electrons. The number of aromatic amines is 1. The van der Waals surface area contributed by atoms with Gasteiger partial charge in [0.25, 0.3) is 5.56 Å². The number of amides is 1. The highest BCUT2D eigenvalue weighted by atomic mass is 19.1. The first-order valence-corrected chi connectivity index (χ1v) is 9.51. The van der Waals surface area contributed by atoms with Gasteiger partial charge in [-0.3, -0.25) is 4.79 Å². The molecule has 0 atom stereocenters. The Morgan fingerprint density at radius 3 is 2.55 bits per heavy atom. The summed E-state index contributed by atoms with van der Waals surface area (Å²) in [6.07, 6.45) is 0.838. The van der Waals surface area contributed by atoms with Gasteiger partial charge >= 0.3 is 6.09 Å². The van der Waals surface area contributed by atoms with Gasteiger partial charge in [-0.05, 0) is 33.6 Å². The van der Waals surface area contributed by atoms with Crippen LogP contribution in [-0.4, -0.2) is 44.3 Å². The number of piperidine rings is 1. The lowest BCUT2D eigenvalue weighted by Crippen LogP contribution is -2.41. The number of ether oxygens (including phenoxy) is 1. The lowest BCUT2D eigenvalue weighted by Gasteiger charge is -2.33. The average molecular weight is 404 g/mol. The number of hydrogen-bond donors (Lipinski definition) is 1. The quantitative estimate of drug-likeness (QED) is 0.673. The van der Waals surface area contributed by atoms with Crippen LogP contribution in [0.4, 0.5) is 13.6 Å². The van der Waals surface area contributed by atoms with E-state index in [2.05, 4.69) is 10.1 Å². The van der Waals surface area contributed by atoms with E-state index >= 15 is 0 Å². The van der Waals surface area contributed by atoms with E-state index in [0.29, 0.717) is 31.6 Å². The van der Waals surface area contributed by atoms with Crippen molar-refractivity contribution in [3.05, 3.63) is 45.9 Å². The number of halogens is 2. The van der Waals surface area contributed by atoms with E-state index in [4.69, 9.17) is 4.74 Å². The molecule has 0 unspecified atom stereocenters. The fraction of sp³-hybridized carbons (Fsp3) is 0.450. The van der Waals surface area contributed by atoms with E-state index in [1.54, 1.807) is 4.90 Å². The molecule has 9 heteroatoms. The summed E-state index contributed by atoms with van der Waals surface area (Å²) < 4.78 is 34.8. The topological polar surface area (TPSA) is 79.7 Å². The van der Waals surface area contributed by atoms with E-state index in [9.17, 15) is 18.4 Å². The Morgan fingerprint density at radius 2 is 1.90 bits per heavy atom. The standard InChI is InChI=1S/C20H22F2N4O3/c1-20(2,3)29-19(28)25-6-4-11(5-7-25)15-10-16(27)23-18-17-13(22)8-12(21)9-14(17)24-26(15)18/h8-11H,4-7H2,1-3H3,(H,23,27). The SMILES string of the molecule is CC(C)(C)OC(=O)N1CCC(c2cc(=O)[nH]c3c4c(F)cc(F)cc4nn23)CC1. The Bertz CT molecular complexity index is 1150. The summed E-state index contributed by atoms with van der Waals surface area (Å²) in [5, 5.41) is 4.40. The van der Waals surface area contributed by atoms with Gasteiger partial charge in [-0.15, -0.1) is 0 Å². The zero-order valence-electron chi connectivity index (χ0n) is 16.5. The molecule has 1 saturated heterocycles. The van der Waals surface area contributed by atoms with Crippen molar-refractivity contribution in [2.75, 3.05) is 13.1 Å². The van der Waals surface area contributed by atoms with Crippen molar-refractivity contribution in [1.82, 2.24) is 19.5 Å². The van der Waals surface area contributed by atoms with Gasteiger partial charge < -0.3 is 14.6 Å². The Hall–Kier alpha value is -2.97. The van der Waals surface area contributed by atoms with Crippen molar-refractivity contribution >= 4 is 22.6 Å². The molecule has 3 aromatic rings. The van der Waals surface area contributed by atoms with E-state index < -0.39 is 17.2 Å². The van der Waals surface area contributed by atoms with Gasteiger partial charge in [-0.2, -0.15) is 5.10 Å². The number of hydrogen-bond acceptors (Lipinski definition) is 4. The number of likely N-dealkylation sites (tertiary alicyclic amines) is 1. The lowest BCUT2D eigenvalue weighted by molar-refractivity contribution is 0.0203. The molecule has 0 aliphatic carbocycles. The highest BCUT2D eigenvalue weighted by molar-refractivity contribution is 5.92. The van der Waals surface area contributed by atoms with Crippen molar-refractivity contribution < 1.29 is 18.3 Å². The summed E-state index contributed by atoms with van der Waals surface area (Å²) in [7, 11) is 0. The average Bonchev–Trinajstić information content (AvgIpc) is 2.97. The zero-order valence-corrected chi connectivity index (χ0v) is 16.5. The molecule has 3 heterocycles. The summed E-state index contributed by atoms with van der Waals surface area (Å²) in [6.45, 7) is 6.38. The molecule has 4 rings (SSSR count). The first-order valence-electron chi connectivity index (χ1n) is 9.51. The first kappa shape index (κ1) is 19.4. The Balaban J connectivity index is 1.66. The number of rotatable bonds is 1. The second-order valence-corrected chi connectivity index (χ2v) is 8.34. The summed E-state index contributed by atoms with van der Waals surface area (Å²) in [6, 6.07) is 3.34. The lowest BCUT2D eigenvalue weighted by atomic mass is 9.93. The number of fused-ring (bicyclic) bond motifs is 3. The number of nitrogens with one attached hydrogen (secondary N) is 1. The fourth-order valence-electron chi connectivity index (χ4n) is 3.76. The Labute approximate surface area is 165 Å². The molecule has 0 bridgehead atoms.